The van der Waals surface area contributed by atoms with E-state index in [1.165, 1.54) is 12.1 Å². The van der Waals surface area contributed by atoms with Crippen molar-refractivity contribution in [1.82, 2.24) is 10.2 Å². The molecule has 0 fully saturated rings. The van der Waals surface area contributed by atoms with Gasteiger partial charge in [0.1, 0.15) is 11.6 Å². The third-order valence-electron chi connectivity index (χ3n) is 2.78. The monoisotopic (exact) mass is 275 g/mol. The first-order chi connectivity index (χ1) is 9.79. The van der Waals surface area contributed by atoms with Crippen LogP contribution in [0.1, 0.15) is 13.3 Å². The Labute approximate surface area is 118 Å². The summed E-state index contributed by atoms with van der Waals surface area (Å²) < 4.78 is 18.1. The summed E-state index contributed by atoms with van der Waals surface area (Å²) in [5.41, 5.74) is 1.58. The summed E-state index contributed by atoms with van der Waals surface area (Å²) in [5.74, 6) is 0.474. The second kappa shape index (κ2) is 7.55. The molecule has 2 aromatic rings. The van der Waals surface area contributed by atoms with Crippen LogP contribution in [-0.4, -0.2) is 30.0 Å². The SMILES string of the molecule is CCOCCCNc1ccc(-c2ccc(F)cc2)nn1. The van der Waals surface area contributed by atoms with Crippen LogP contribution in [0.15, 0.2) is 36.4 Å². The van der Waals surface area contributed by atoms with Crippen molar-refractivity contribution in [3.8, 4) is 11.3 Å². The number of nitrogens with one attached hydrogen (secondary N) is 1. The van der Waals surface area contributed by atoms with E-state index in [1.54, 1.807) is 12.1 Å². The third-order valence-corrected chi connectivity index (χ3v) is 2.78. The Kier molecular flexibility index (Phi) is 5.43. The summed E-state index contributed by atoms with van der Waals surface area (Å²) in [6.45, 7) is 4.26. The highest BCUT2D eigenvalue weighted by Crippen LogP contribution is 2.17. The van der Waals surface area contributed by atoms with Crippen LogP contribution in [0.5, 0.6) is 0 Å². The van der Waals surface area contributed by atoms with E-state index in [4.69, 9.17) is 4.74 Å². The number of rotatable bonds is 7. The van der Waals surface area contributed by atoms with E-state index in [0.717, 1.165) is 43.3 Å². The molecule has 20 heavy (non-hydrogen) atoms. The standard InChI is InChI=1S/C15H18FN3O/c1-2-20-11-3-10-17-15-9-8-14(18-19-15)12-4-6-13(16)7-5-12/h4-9H,2-3,10-11H2,1H3,(H,17,19). The summed E-state index contributed by atoms with van der Waals surface area (Å²) in [6.07, 6.45) is 0.926. The smallest absolute Gasteiger partial charge is 0.148 e. The Bertz CT molecular complexity index is 514. The van der Waals surface area contributed by atoms with Crippen molar-refractivity contribution in [2.24, 2.45) is 0 Å². The summed E-state index contributed by atoms with van der Waals surface area (Å²) in [7, 11) is 0. The molecule has 0 aliphatic rings. The molecule has 1 aromatic carbocycles. The maximum absolute atomic E-state index is 12.8. The average molecular weight is 275 g/mol. The molecule has 5 heteroatoms. The van der Waals surface area contributed by atoms with Crippen molar-refractivity contribution in [3.05, 3.63) is 42.2 Å². The van der Waals surface area contributed by atoms with Crippen LogP contribution in [0.25, 0.3) is 11.3 Å². The summed E-state index contributed by atoms with van der Waals surface area (Å²) in [4.78, 5) is 0. The van der Waals surface area contributed by atoms with Gasteiger partial charge in [-0.3, -0.25) is 0 Å². The first-order valence-corrected chi connectivity index (χ1v) is 6.71. The molecule has 2 rings (SSSR count). The van der Waals surface area contributed by atoms with Crippen LogP contribution < -0.4 is 5.32 Å². The van der Waals surface area contributed by atoms with Gasteiger partial charge in [-0.1, -0.05) is 0 Å². The van der Waals surface area contributed by atoms with E-state index < -0.39 is 0 Å². The van der Waals surface area contributed by atoms with Gasteiger partial charge in [0.25, 0.3) is 0 Å². The number of anilines is 1. The minimum atomic E-state index is -0.255. The third kappa shape index (κ3) is 4.28. The van der Waals surface area contributed by atoms with E-state index in [1.807, 2.05) is 19.1 Å². The molecular weight excluding hydrogens is 257 g/mol. The fraction of sp³-hybridized carbons (Fsp3) is 0.333. The molecule has 0 aliphatic heterocycles. The van der Waals surface area contributed by atoms with Gasteiger partial charge in [0.15, 0.2) is 0 Å². The Balaban J connectivity index is 1.88. The Morgan fingerprint density at radius 2 is 1.90 bits per heavy atom. The number of benzene rings is 1. The molecule has 0 saturated heterocycles. The number of halogens is 1. The molecular formula is C15H18FN3O. The van der Waals surface area contributed by atoms with Gasteiger partial charge in [0, 0.05) is 25.3 Å². The lowest BCUT2D eigenvalue weighted by atomic mass is 10.1. The minimum absolute atomic E-state index is 0.255. The molecule has 1 heterocycles. The quantitative estimate of drug-likeness (QED) is 0.789. The van der Waals surface area contributed by atoms with E-state index in [0.29, 0.717) is 0 Å². The van der Waals surface area contributed by atoms with Crippen molar-refractivity contribution in [1.29, 1.82) is 0 Å². The molecule has 0 aliphatic carbocycles. The normalized spacial score (nSPS) is 10.5. The maximum Gasteiger partial charge on any atom is 0.148 e. The lowest BCUT2D eigenvalue weighted by Crippen LogP contribution is -2.07. The average Bonchev–Trinajstić information content (AvgIpc) is 2.49. The zero-order valence-electron chi connectivity index (χ0n) is 11.5. The fourth-order valence-electron chi connectivity index (χ4n) is 1.74. The fourth-order valence-corrected chi connectivity index (χ4v) is 1.74. The lowest BCUT2D eigenvalue weighted by Gasteiger charge is -2.06. The molecule has 0 radical (unpaired) electrons. The van der Waals surface area contributed by atoms with Gasteiger partial charge in [0.2, 0.25) is 0 Å². The molecule has 0 spiro atoms. The zero-order valence-corrected chi connectivity index (χ0v) is 11.5. The second-order valence-electron chi connectivity index (χ2n) is 4.29. The van der Waals surface area contributed by atoms with Gasteiger partial charge in [-0.25, -0.2) is 4.39 Å². The molecule has 1 N–H and O–H groups in total. The maximum atomic E-state index is 12.8. The first kappa shape index (κ1) is 14.4. The second-order valence-corrected chi connectivity index (χ2v) is 4.29. The number of hydrogen-bond donors (Lipinski definition) is 1. The summed E-state index contributed by atoms with van der Waals surface area (Å²) >= 11 is 0. The van der Waals surface area contributed by atoms with Gasteiger partial charge >= 0.3 is 0 Å². The van der Waals surface area contributed by atoms with E-state index in [9.17, 15) is 4.39 Å². The topological polar surface area (TPSA) is 47.0 Å². The molecule has 0 amide bonds. The van der Waals surface area contributed by atoms with Crippen molar-refractivity contribution < 1.29 is 9.13 Å². The van der Waals surface area contributed by atoms with Crippen molar-refractivity contribution in [3.63, 3.8) is 0 Å². The molecule has 0 unspecified atom stereocenters. The number of aromatic nitrogens is 2. The Morgan fingerprint density at radius 3 is 2.55 bits per heavy atom. The van der Waals surface area contributed by atoms with Crippen LogP contribution in [0, 0.1) is 5.82 Å². The van der Waals surface area contributed by atoms with Gasteiger partial charge in [-0.2, -0.15) is 0 Å². The predicted octanol–water partition coefficient (Wildman–Crippen LogP) is 3.12. The van der Waals surface area contributed by atoms with Gasteiger partial charge in [-0.05, 0) is 49.7 Å². The van der Waals surface area contributed by atoms with Crippen LogP contribution in [0.4, 0.5) is 10.2 Å². The number of nitrogens with zero attached hydrogens (tertiary/aromatic N) is 2. The largest absolute Gasteiger partial charge is 0.382 e. The molecule has 0 atom stereocenters. The first-order valence-electron chi connectivity index (χ1n) is 6.71. The predicted molar refractivity (Wildman–Crippen MR) is 77.0 cm³/mol. The molecule has 106 valence electrons. The van der Waals surface area contributed by atoms with Gasteiger partial charge in [0.05, 0.1) is 5.69 Å². The number of hydrogen-bond acceptors (Lipinski definition) is 4. The van der Waals surface area contributed by atoms with Crippen LogP contribution in [-0.2, 0) is 4.74 Å². The lowest BCUT2D eigenvalue weighted by molar-refractivity contribution is 0.147. The zero-order chi connectivity index (χ0) is 14.2. The van der Waals surface area contributed by atoms with Crippen LogP contribution in [0.2, 0.25) is 0 Å². The molecule has 0 saturated carbocycles. The van der Waals surface area contributed by atoms with Gasteiger partial charge < -0.3 is 10.1 Å². The molecule has 0 bridgehead atoms. The minimum Gasteiger partial charge on any atom is -0.382 e. The van der Waals surface area contributed by atoms with Crippen molar-refractivity contribution in [2.75, 3.05) is 25.1 Å². The number of ether oxygens (including phenoxy) is 1. The molecule has 1 aromatic heterocycles. The summed E-state index contributed by atoms with van der Waals surface area (Å²) in [5, 5.41) is 11.4. The molecule has 4 nitrogen and oxygen atoms in total. The highest BCUT2D eigenvalue weighted by Gasteiger charge is 2.01. The highest BCUT2D eigenvalue weighted by molar-refractivity contribution is 5.59. The summed E-state index contributed by atoms with van der Waals surface area (Å²) in [6, 6.07) is 9.94. The van der Waals surface area contributed by atoms with Crippen LogP contribution in [0.3, 0.4) is 0 Å². The van der Waals surface area contributed by atoms with E-state index in [-0.39, 0.29) is 5.82 Å². The van der Waals surface area contributed by atoms with Crippen molar-refractivity contribution in [2.45, 2.75) is 13.3 Å². The highest BCUT2D eigenvalue weighted by atomic mass is 19.1. The Hall–Kier alpha value is -2.01. The van der Waals surface area contributed by atoms with E-state index in [2.05, 4.69) is 15.5 Å². The Morgan fingerprint density at radius 1 is 1.10 bits per heavy atom. The van der Waals surface area contributed by atoms with E-state index >= 15 is 0 Å². The van der Waals surface area contributed by atoms with Gasteiger partial charge in [-0.15, -0.1) is 10.2 Å². The van der Waals surface area contributed by atoms with Crippen LogP contribution >= 0.6 is 0 Å². The van der Waals surface area contributed by atoms with Crippen molar-refractivity contribution >= 4 is 5.82 Å².